The summed E-state index contributed by atoms with van der Waals surface area (Å²) >= 11 is 0. The van der Waals surface area contributed by atoms with Gasteiger partial charge in [0.15, 0.2) is 5.65 Å². The lowest BCUT2D eigenvalue weighted by atomic mass is 10.1. The molecule has 0 radical (unpaired) electrons. The molecule has 5 aromatic rings. The van der Waals surface area contributed by atoms with Crippen molar-refractivity contribution < 1.29 is 9.53 Å². The van der Waals surface area contributed by atoms with Gasteiger partial charge in [0.05, 0.1) is 11.4 Å². The molecular weight excluding hydrogens is 438 g/mol. The van der Waals surface area contributed by atoms with Crippen molar-refractivity contribution in [3.05, 3.63) is 108 Å². The maximum atomic E-state index is 12.5. The van der Waals surface area contributed by atoms with Crippen LogP contribution in [0.25, 0.3) is 16.9 Å². The second-order valence-electron chi connectivity index (χ2n) is 8.31. The highest BCUT2D eigenvalue weighted by Crippen LogP contribution is 2.31. The molecule has 1 aliphatic rings. The molecule has 0 unspecified atom stereocenters. The minimum atomic E-state index is -0.145. The molecule has 35 heavy (non-hydrogen) atoms. The number of ether oxygens (including phenoxy) is 1. The number of hydrogen-bond acceptors (Lipinski definition) is 5. The number of hydrogen-bond donors (Lipinski definition) is 3. The first-order chi connectivity index (χ1) is 17.2. The number of rotatable bonds is 5. The number of carbonyl (C=O) groups is 1. The summed E-state index contributed by atoms with van der Waals surface area (Å²) in [6.07, 6.45) is 3.76. The molecule has 7 nitrogen and oxygen atoms in total. The van der Waals surface area contributed by atoms with Crippen LogP contribution in [-0.2, 0) is 6.54 Å². The van der Waals surface area contributed by atoms with Gasteiger partial charge in [-0.3, -0.25) is 14.5 Å². The van der Waals surface area contributed by atoms with Crippen LogP contribution in [0.2, 0.25) is 0 Å². The van der Waals surface area contributed by atoms with Crippen molar-refractivity contribution in [1.82, 2.24) is 14.7 Å². The van der Waals surface area contributed by atoms with E-state index in [9.17, 15) is 4.79 Å². The minimum Gasteiger partial charge on any atom is -0.478 e. The molecule has 1 aliphatic heterocycles. The van der Waals surface area contributed by atoms with Crippen molar-refractivity contribution in [2.24, 2.45) is 0 Å². The number of para-hydroxylation sites is 1. The number of benzene rings is 3. The summed E-state index contributed by atoms with van der Waals surface area (Å²) < 4.78 is 7.73. The molecule has 6 rings (SSSR count). The zero-order chi connectivity index (χ0) is 23.6. The molecule has 0 atom stereocenters. The summed E-state index contributed by atoms with van der Waals surface area (Å²) in [5, 5.41) is 9.57. The molecule has 172 valence electrons. The summed E-state index contributed by atoms with van der Waals surface area (Å²) in [6, 6.07) is 27.2. The Balaban J connectivity index is 1.24. The number of nitrogens with one attached hydrogen (secondary N) is 3. The fourth-order valence-corrected chi connectivity index (χ4v) is 4.26. The van der Waals surface area contributed by atoms with Crippen molar-refractivity contribution in [3.63, 3.8) is 0 Å². The summed E-state index contributed by atoms with van der Waals surface area (Å²) in [4.78, 5) is 17.1. The summed E-state index contributed by atoms with van der Waals surface area (Å²) in [7, 11) is 0. The molecular formula is C28H23N5O2. The van der Waals surface area contributed by atoms with Crippen molar-refractivity contribution in [2.75, 3.05) is 17.4 Å². The molecule has 3 N–H and O–H groups in total. The van der Waals surface area contributed by atoms with E-state index in [1.54, 1.807) is 18.3 Å². The normalized spacial score (nSPS) is 12.6. The highest BCUT2D eigenvalue weighted by molar-refractivity contribution is 6.04. The van der Waals surface area contributed by atoms with E-state index in [0.717, 1.165) is 51.8 Å². The first-order valence-corrected chi connectivity index (χ1v) is 11.4. The van der Waals surface area contributed by atoms with E-state index in [4.69, 9.17) is 4.74 Å². The van der Waals surface area contributed by atoms with E-state index >= 15 is 0 Å². The summed E-state index contributed by atoms with van der Waals surface area (Å²) in [6.45, 7) is 1.33. The SMILES string of the molecule is O=C(Nc1ccccc1)c1ccc(Nc2ccc(-c3ccc4c(c3)CNCO4)n3ccnc23)cc1. The molecule has 0 aliphatic carbocycles. The molecule has 0 saturated carbocycles. The fraction of sp³-hybridized carbons (Fsp3) is 0.0714. The van der Waals surface area contributed by atoms with Crippen LogP contribution < -0.4 is 20.7 Å². The number of fused-ring (bicyclic) bond motifs is 2. The van der Waals surface area contributed by atoms with Gasteiger partial charge in [-0.05, 0) is 72.3 Å². The Morgan fingerprint density at radius 3 is 2.66 bits per heavy atom. The predicted molar refractivity (Wildman–Crippen MR) is 137 cm³/mol. The molecule has 0 bridgehead atoms. The zero-order valence-corrected chi connectivity index (χ0v) is 18.9. The van der Waals surface area contributed by atoms with Gasteiger partial charge >= 0.3 is 0 Å². The van der Waals surface area contributed by atoms with Gasteiger partial charge in [-0.25, -0.2) is 4.98 Å². The Morgan fingerprint density at radius 1 is 0.943 bits per heavy atom. The Kier molecular flexibility index (Phi) is 5.37. The van der Waals surface area contributed by atoms with E-state index in [0.29, 0.717) is 12.3 Å². The first-order valence-electron chi connectivity index (χ1n) is 11.4. The molecule has 2 aromatic heterocycles. The number of imidazole rings is 1. The van der Waals surface area contributed by atoms with Gasteiger partial charge in [0.2, 0.25) is 0 Å². The smallest absolute Gasteiger partial charge is 0.255 e. The fourth-order valence-electron chi connectivity index (χ4n) is 4.26. The van der Waals surface area contributed by atoms with Crippen LogP contribution in [0.3, 0.4) is 0 Å². The second kappa shape index (κ2) is 8.96. The third kappa shape index (κ3) is 4.20. The maximum Gasteiger partial charge on any atom is 0.255 e. The molecule has 0 fully saturated rings. The Morgan fingerprint density at radius 2 is 1.80 bits per heavy atom. The maximum absolute atomic E-state index is 12.5. The van der Waals surface area contributed by atoms with E-state index in [1.807, 2.05) is 60.8 Å². The average molecular weight is 462 g/mol. The number of anilines is 3. The summed E-state index contributed by atoms with van der Waals surface area (Å²) in [5.41, 5.74) is 7.21. The van der Waals surface area contributed by atoms with Crippen LogP contribution in [0, 0.1) is 0 Å². The molecule has 7 heteroatoms. The van der Waals surface area contributed by atoms with Crippen molar-refractivity contribution in [2.45, 2.75) is 6.54 Å². The van der Waals surface area contributed by atoms with E-state index < -0.39 is 0 Å². The van der Waals surface area contributed by atoms with Crippen LogP contribution in [-0.4, -0.2) is 22.0 Å². The topological polar surface area (TPSA) is 79.7 Å². The van der Waals surface area contributed by atoms with Gasteiger partial charge in [-0.1, -0.05) is 18.2 Å². The number of amides is 1. The summed E-state index contributed by atoms with van der Waals surface area (Å²) in [5.74, 6) is 0.780. The first kappa shape index (κ1) is 20.9. The molecule has 3 heterocycles. The lowest BCUT2D eigenvalue weighted by Gasteiger charge is -2.19. The van der Waals surface area contributed by atoms with E-state index in [2.05, 4.69) is 43.5 Å². The van der Waals surface area contributed by atoms with Crippen LogP contribution in [0.1, 0.15) is 15.9 Å². The van der Waals surface area contributed by atoms with Gasteiger partial charge in [0.1, 0.15) is 12.5 Å². The Hall–Kier alpha value is -4.62. The van der Waals surface area contributed by atoms with Crippen LogP contribution in [0.5, 0.6) is 5.75 Å². The molecule has 3 aromatic carbocycles. The van der Waals surface area contributed by atoms with E-state index in [1.165, 1.54) is 0 Å². The van der Waals surface area contributed by atoms with Crippen LogP contribution in [0.4, 0.5) is 17.1 Å². The lowest BCUT2D eigenvalue weighted by Crippen LogP contribution is -2.25. The number of carbonyl (C=O) groups excluding carboxylic acids is 1. The van der Waals surface area contributed by atoms with Gasteiger partial charge in [0, 0.05) is 41.4 Å². The number of pyridine rings is 1. The standard InChI is InChI=1S/C28H23N5O2/c34-28(32-22-4-2-1-3-5-22)19-6-9-23(10-7-19)31-24-11-12-25(33-15-14-30-27(24)33)20-8-13-26-21(16-20)17-29-18-35-26/h1-16,29,31H,17-18H2,(H,32,34). The van der Waals surface area contributed by atoms with Crippen molar-refractivity contribution >= 4 is 28.6 Å². The van der Waals surface area contributed by atoms with Crippen LogP contribution >= 0.6 is 0 Å². The van der Waals surface area contributed by atoms with Crippen LogP contribution in [0.15, 0.2) is 97.3 Å². The number of nitrogens with zero attached hydrogens (tertiary/aromatic N) is 2. The van der Waals surface area contributed by atoms with E-state index in [-0.39, 0.29) is 5.91 Å². The van der Waals surface area contributed by atoms with Crippen molar-refractivity contribution in [1.29, 1.82) is 0 Å². The third-order valence-corrected chi connectivity index (χ3v) is 6.01. The third-order valence-electron chi connectivity index (χ3n) is 6.01. The second-order valence-corrected chi connectivity index (χ2v) is 8.31. The highest BCUT2D eigenvalue weighted by atomic mass is 16.5. The van der Waals surface area contributed by atoms with Gasteiger partial charge in [-0.15, -0.1) is 0 Å². The Bertz CT molecular complexity index is 1510. The van der Waals surface area contributed by atoms with Crippen molar-refractivity contribution in [3.8, 4) is 17.0 Å². The monoisotopic (exact) mass is 461 g/mol. The van der Waals surface area contributed by atoms with Gasteiger partial charge < -0.3 is 15.4 Å². The molecule has 0 saturated heterocycles. The van der Waals surface area contributed by atoms with Gasteiger partial charge in [0.25, 0.3) is 5.91 Å². The quantitative estimate of drug-likeness (QED) is 0.325. The Labute approximate surface area is 202 Å². The number of aromatic nitrogens is 2. The predicted octanol–water partition coefficient (Wildman–Crippen LogP) is 5.44. The highest BCUT2D eigenvalue weighted by Gasteiger charge is 2.14. The molecule has 0 spiro atoms. The molecule has 1 amide bonds. The average Bonchev–Trinajstić information content (AvgIpc) is 3.40. The lowest BCUT2D eigenvalue weighted by molar-refractivity contribution is 0.102. The largest absolute Gasteiger partial charge is 0.478 e. The minimum absolute atomic E-state index is 0.145. The van der Waals surface area contributed by atoms with Gasteiger partial charge in [-0.2, -0.15) is 0 Å². The zero-order valence-electron chi connectivity index (χ0n) is 18.9.